The third kappa shape index (κ3) is 6.00. The first-order valence-electron chi connectivity index (χ1n) is 8.61. The number of aliphatic imine (C=N–C) groups is 1. The number of likely N-dealkylation sites (N-methyl/N-ethyl adjacent to an activating group) is 1. The molecule has 1 unspecified atom stereocenters. The number of furan rings is 1. The van der Waals surface area contributed by atoms with Gasteiger partial charge in [-0.2, -0.15) is 0 Å². The van der Waals surface area contributed by atoms with Gasteiger partial charge in [0.2, 0.25) is 0 Å². The molecule has 2 aromatic rings. The fourth-order valence-electron chi connectivity index (χ4n) is 2.29. The second-order valence-corrected chi connectivity index (χ2v) is 5.67. The van der Waals surface area contributed by atoms with Gasteiger partial charge in [-0.1, -0.05) is 0 Å². The topological polar surface area (TPSA) is 79.5 Å². The average Bonchev–Trinajstić information content (AvgIpc) is 3.20. The molecular weight excluding hydrogens is 334 g/mol. The van der Waals surface area contributed by atoms with Gasteiger partial charge < -0.3 is 29.2 Å². The number of nitrogens with zero attached hydrogens (tertiary/aromatic N) is 2. The smallest absolute Gasteiger partial charge is 0.193 e. The predicted octanol–water partition coefficient (Wildman–Crippen LogP) is 2.30. The van der Waals surface area contributed by atoms with Crippen LogP contribution in [0.15, 0.2) is 52.1 Å². The Morgan fingerprint density at radius 2 is 2.00 bits per heavy atom. The zero-order chi connectivity index (χ0) is 18.8. The summed E-state index contributed by atoms with van der Waals surface area (Å²) >= 11 is 0. The van der Waals surface area contributed by atoms with Gasteiger partial charge in [0, 0.05) is 13.6 Å². The van der Waals surface area contributed by atoms with Crippen molar-refractivity contribution >= 4 is 5.96 Å². The molecule has 1 aromatic carbocycles. The van der Waals surface area contributed by atoms with Crippen LogP contribution in [0, 0.1) is 0 Å². The highest BCUT2D eigenvalue weighted by molar-refractivity contribution is 5.79. The molecule has 0 fully saturated rings. The monoisotopic (exact) mass is 361 g/mol. The number of aliphatic hydroxyl groups excluding tert-OH is 1. The normalized spacial score (nSPS) is 12.5. The van der Waals surface area contributed by atoms with Gasteiger partial charge in [0.25, 0.3) is 0 Å². The van der Waals surface area contributed by atoms with Crippen molar-refractivity contribution in [2.24, 2.45) is 4.99 Å². The number of rotatable bonds is 9. The summed E-state index contributed by atoms with van der Waals surface area (Å²) in [6.45, 7) is 4.11. The van der Waals surface area contributed by atoms with Gasteiger partial charge in [-0.25, -0.2) is 4.99 Å². The summed E-state index contributed by atoms with van der Waals surface area (Å²) in [4.78, 5) is 6.43. The van der Waals surface area contributed by atoms with Crippen LogP contribution in [-0.4, -0.2) is 56.4 Å². The third-order valence-electron chi connectivity index (χ3n) is 3.74. The fourth-order valence-corrected chi connectivity index (χ4v) is 2.29. The summed E-state index contributed by atoms with van der Waals surface area (Å²) in [6, 6.07) is 11.0. The lowest BCUT2D eigenvalue weighted by molar-refractivity contribution is 0.158. The van der Waals surface area contributed by atoms with Crippen LogP contribution in [0.3, 0.4) is 0 Å². The summed E-state index contributed by atoms with van der Waals surface area (Å²) in [7, 11) is 3.56. The second kappa shape index (κ2) is 10.4. The van der Waals surface area contributed by atoms with E-state index in [1.807, 2.05) is 43.1 Å². The van der Waals surface area contributed by atoms with Crippen molar-refractivity contribution in [3.8, 4) is 11.5 Å². The van der Waals surface area contributed by atoms with Crippen LogP contribution >= 0.6 is 0 Å². The highest BCUT2D eigenvalue weighted by atomic mass is 16.5. The van der Waals surface area contributed by atoms with Gasteiger partial charge in [-0.05, 0) is 43.3 Å². The van der Waals surface area contributed by atoms with Crippen molar-refractivity contribution in [1.29, 1.82) is 0 Å². The standard InChI is InChI=1S/C19H27N3O4/c1-4-20-19(21-14-17(23)18-6-5-12-26-18)22(2)11-13-25-16-9-7-15(24-3)8-10-16/h5-10,12,17,23H,4,11,13-14H2,1-3H3,(H,20,21). The number of hydrogen-bond donors (Lipinski definition) is 2. The highest BCUT2D eigenvalue weighted by Gasteiger charge is 2.12. The maximum atomic E-state index is 10.1. The SMILES string of the molecule is CCNC(=NCC(O)c1ccco1)N(C)CCOc1ccc(OC)cc1. The van der Waals surface area contributed by atoms with E-state index in [2.05, 4.69) is 10.3 Å². The molecule has 0 bridgehead atoms. The van der Waals surface area contributed by atoms with Gasteiger partial charge in [0.15, 0.2) is 5.96 Å². The summed E-state index contributed by atoms with van der Waals surface area (Å²) in [5.41, 5.74) is 0. The van der Waals surface area contributed by atoms with Gasteiger partial charge in [0.1, 0.15) is 30.0 Å². The lowest BCUT2D eigenvalue weighted by atomic mass is 10.3. The molecule has 0 aliphatic rings. The Hall–Kier alpha value is -2.67. The second-order valence-electron chi connectivity index (χ2n) is 5.67. The quantitative estimate of drug-likeness (QED) is 0.527. The molecule has 0 saturated heterocycles. The van der Waals surface area contributed by atoms with Crippen LogP contribution in [0.2, 0.25) is 0 Å². The minimum absolute atomic E-state index is 0.222. The van der Waals surface area contributed by atoms with Crippen molar-refractivity contribution in [2.45, 2.75) is 13.0 Å². The van der Waals surface area contributed by atoms with Crippen LogP contribution in [0.5, 0.6) is 11.5 Å². The van der Waals surface area contributed by atoms with E-state index in [0.29, 0.717) is 24.9 Å². The molecule has 0 amide bonds. The zero-order valence-electron chi connectivity index (χ0n) is 15.5. The summed E-state index contributed by atoms with van der Waals surface area (Å²) in [5.74, 6) is 2.80. The molecule has 7 heteroatoms. The molecular formula is C19H27N3O4. The predicted molar refractivity (Wildman–Crippen MR) is 101 cm³/mol. The maximum absolute atomic E-state index is 10.1. The van der Waals surface area contributed by atoms with Gasteiger partial charge in [-0.3, -0.25) is 0 Å². The molecule has 26 heavy (non-hydrogen) atoms. The van der Waals surface area contributed by atoms with E-state index in [4.69, 9.17) is 13.9 Å². The Morgan fingerprint density at radius 1 is 1.27 bits per heavy atom. The van der Waals surface area contributed by atoms with E-state index in [9.17, 15) is 5.11 Å². The van der Waals surface area contributed by atoms with Crippen LogP contribution < -0.4 is 14.8 Å². The van der Waals surface area contributed by atoms with E-state index in [-0.39, 0.29) is 6.54 Å². The molecule has 1 aromatic heterocycles. The van der Waals surface area contributed by atoms with E-state index >= 15 is 0 Å². The van der Waals surface area contributed by atoms with Crippen molar-refractivity contribution in [3.63, 3.8) is 0 Å². The molecule has 0 radical (unpaired) electrons. The van der Waals surface area contributed by atoms with E-state index < -0.39 is 6.10 Å². The lowest BCUT2D eigenvalue weighted by Gasteiger charge is -2.22. The fraction of sp³-hybridized carbons (Fsp3) is 0.421. The molecule has 0 aliphatic carbocycles. The Morgan fingerprint density at radius 3 is 2.62 bits per heavy atom. The van der Waals surface area contributed by atoms with Gasteiger partial charge in [0.05, 0.1) is 26.5 Å². The molecule has 1 heterocycles. The lowest BCUT2D eigenvalue weighted by Crippen LogP contribution is -2.41. The molecule has 0 saturated carbocycles. The Balaban J connectivity index is 1.84. The first-order valence-corrected chi connectivity index (χ1v) is 8.61. The van der Waals surface area contributed by atoms with Crippen LogP contribution in [0.25, 0.3) is 0 Å². The summed E-state index contributed by atoms with van der Waals surface area (Å²) in [6.07, 6.45) is 0.776. The largest absolute Gasteiger partial charge is 0.497 e. The average molecular weight is 361 g/mol. The molecule has 0 aliphatic heterocycles. The van der Waals surface area contributed by atoms with Crippen LogP contribution in [0.4, 0.5) is 0 Å². The summed E-state index contributed by atoms with van der Waals surface area (Å²) in [5, 5.41) is 13.3. The Labute approximate surface area is 154 Å². The molecule has 1 atom stereocenters. The number of methoxy groups -OCH3 is 1. The number of nitrogens with one attached hydrogen (secondary N) is 1. The maximum Gasteiger partial charge on any atom is 0.193 e. The minimum atomic E-state index is -0.761. The van der Waals surface area contributed by atoms with Gasteiger partial charge in [-0.15, -0.1) is 0 Å². The number of ether oxygens (including phenoxy) is 2. The number of aliphatic hydroxyl groups is 1. The number of guanidine groups is 1. The Kier molecular flexibility index (Phi) is 7.82. The number of benzene rings is 1. The third-order valence-corrected chi connectivity index (χ3v) is 3.74. The molecule has 0 spiro atoms. The van der Waals surface area contributed by atoms with Crippen molar-refractivity contribution < 1.29 is 19.0 Å². The zero-order valence-corrected chi connectivity index (χ0v) is 15.5. The first kappa shape index (κ1) is 19.7. The molecule has 2 N–H and O–H groups in total. The minimum Gasteiger partial charge on any atom is -0.497 e. The summed E-state index contributed by atoms with van der Waals surface area (Å²) < 4.78 is 16.1. The van der Waals surface area contributed by atoms with Crippen molar-refractivity contribution in [1.82, 2.24) is 10.2 Å². The van der Waals surface area contributed by atoms with Gasteiger partial charge >= 0.3 is 0 Å². The van der Waals surface area contributed by atoms with Crippen LogP contribution in [0.1, 0.15) is 18.8 Å². The molecule has 7 nitrogen and oxygen atoms in total. The Bertz CT molecular complexity index is 656. The van der Waals surface area contributed by atoms with Crippen molar-refractivity contribution in [2.75, 3.05) is 40.4 Å². The highest BCUT2D eigenvalue weighted by Crippen LogP contribution is 2.17. The van der Waals surface area contributed by atoms with E-state index in [1.165, 1.54) is 6.26 Å². The van der Waals surface area contributed by atoms with Crippen LogP contribution in [-0.2, 0) is 0 Å². The molecule has 2 rings (SSSR count). The van der Waals surface area contributed by atoms with E-state index in [1.54, 1.807) is 19.2 Å². The molecule has 142 valence electrons. The van der Waals surface area contributed by atoms with Crippen molar-refractivity contribution in [3.05, 3.63) is 48.4 Å². The van der Waals surface area contributed by atoms with E-state index in [0.717, 1.165) is 18.0 Å². The first-order chi connectivity index (χ1) is 12.6. The number of hydrogen-bond acceptors (Lipinski definition) is 5.